The Labute approximate surface area is 179 Å². The van der Waals surface area contributed by atoms with Crippen molar-refractivity contribution in [1.29, 1.82) is 5.26 Å². The molecule has 0 bridgehead atoms. The second kappa shape index (κ2) is 7.75. The van der Waals surface area contributed by atoms with Gasteiger partial charge in [-0.05, 0) is 30.4 Å². The Bertz CT molecular complexity index is 1030. The van der Waals surface area contributed by atoms with E-state index in [0.717, 1.165) is 25.7 Å². The van der Waals surface area contributed by atoms with E-state index in [1.165, 1.54) is 10.8 Å². The third kappa shape index (κ3) is 3.43. The number of nitriles is 1. The highest BCUT2D eigenvalue weighted by Crippen LogP contribution is 2.42. The number of nitrogens with two attached hydrogens (primary N) is 1. The molecule has 1 aliphatic carbocycles. The Morgan fingerprint density at radius 1 is 1.42 bits per heavy atom. The number of aromatic nitrogens is 3. The Hall–Kier alpha value is -2.74. The maximum absolute atomic E-state index is 12.7. The number of esters is 1. The average molecular weight is 429 g/mol. The summed E-state index contributed by atoms with van der Waals surface area (Å²) in [6.45, 7) is 3.83. The summed E-state index contributed by atoms with van der Waals surface area (Å²) in [7, 11) is 0. The lowest BCUT2D eigenvalue weighted by atomic mass is 9.69. The van der Waals surface area contributed by atoms with Crippen molar-refractivity contribution in [2.75, 3.05) is 12.3 Å². The number of rotatable bonds is 4. The van der Waals surface area contributed by atoms with Gasteiger partial charge in [0.15, 0.2) is 5.82 Å². The normalized spacial score (nSPS) is 32.6. The van der Waals surface area contributed by atoms with Crippen LogP contribution in [0.4, 0.5) is 5.82 Å². The van der Waals surface area contributed by atoms with Crippen LogP contribution < -0.4 is 5.73 Å². The van der Waals surface area contributed by atoms with E-state index in [4.69, 9.17) is 15.2 Å². The van der Waals surface area contributed by atoms with E-state index in [1.54, 1.807) is 12.1 Å². The molecule has 3 heterocycles. The highest BCUT2D eigenvalue weighted by molar-refractivity contribution is 5.73. The van der Waals surface area contributed by atoms with Gasteiger partial charge in [0, 0.05) is 0 Å². The zero-order chi connectivity index (χ0) is 22.4. The minimum Gasteiger partial charge on any atom is -0.463 e. The first-order chi connectivity index (χ1) is 14.7. The van der Waals surface area contributed by atoms with Gasteiger partial charge in [0.05, 0.1) is 11.6 Å². The highest BCUT2D eigenvalue weighted by Gasteiger charge is 2.58. The number of aliphatic hydroxyl groups is 2. The number of ether oxygens (including phenoxy) is 2. The molecule has 5 atom stereocenters. The molecule has 0 spiro atoms. The Morgan fingerprint density at radius 3 is 2.90 bits per heavy atom. The number of nitrogen functional groups attached to an aromatic ring is 1. The van der Waals surface area contributed by atoms with Crippen LogP contribution in [0.2, 0.25) is 0 Å². The van der Waals surface area contributed by atoms with Gasteiger partial charge in [-0.25, -0.2) is 9.50 Å². The van der Waals surface area contributed by atoms with Crippen molar-refractivity contribution in [3.63, 3.8) is 0 Å². The van der Waals surface area contributed by atoms with Gasteiger partial charge < -0.3 is 25.4 Å². The summed E-state index contributed by atoms with van der Waals surface area (Å²) < 4.78 is 12.7. The molecule has 1 saturated heterocycles. The first kappa shape index (κ1) is 21.5. The van der Waals surface area contributed by atoms with Crippen LogP contribution in [0.1, 0.15) is 45.2 Å². The molecule has 1 saturated carbocycles. The summed E-state index contributed by atoms with van der Waals surface area (Å²) in [6.07, 6.45) is 0.874. The fourth-order valence-electron chi connectivity index (χ4n) is 4.75. The largest absolute Gasteiger partial charge is 0.463 e. The number of hydrogen-bond acceptors (Lipinski definition) is 9. The first-order valence-corrected chi connectivity index (χ1v) is 10.4. The SMILES string of the molecule is CC1(C)CCCCC1C(=O)OC[C@H]1O[C@@](C#N)(c2ccc3c(N)ncnn23)[C@H](O)[C@@H]1O. The molecule has 0 amide bonds. The first-order valence-electron chi connectivity index (χ1n) is 10.4. The van der Waals surface area contributed by atoms with Gasteiger partial charge in [-0.3, -0.25) is 4.79 Å². The van der Waals surface area contributed by atoms with E-state index in [9.17, 15) is 20.3 Å². The maximum Gasteiger partial charge on any atom is 0.309 e. The molecule has 4 N–H and O–H groups in total. The van der Waals surface area contributed by atoms with Gasteiger partial charge in [0.25, 0.3) is 0 Å². The number of anilines is 1. The Morgan fingerprint density at radius 2 is 2.19 bits per heavy atom. The third-order valence-electron chi connectivity index (χ3n) is 6.67. The van der Waals surface area contributed by atoms with Crippen molar-refractivity contribution in [1.82, 2.24) is 14.6 Å². The summed E-state index contributed by atoms with van der Waals surface area (Å²) in [5.74, 6) is -0.388. The zero-order valence-corrected chi connectivity index (χ0v) is 17.6. The average Bonchev–Trinajstić information content (AvgIpc) is 3.28. The number of hydrogen-bond donors (Lipinski definition) is 3. The topological polar surface area (TPSA) is 156 Å². The second-order valence-corrected chi connectivity index (χ2v) is 9.02. The quantitative estimate of drug-likeness (QED) is 0.601. The Kier molecular flexibility index (Phi) is 5.37. The van der Waals surface area contributed by atoms with Crippen LogP contribution >= 0.6 is 0 Å². The van der Waals surface area contributed by atoms with Crippen molar-refractivity contribution < 1.29 is 24.5 Å². The molecular formula is C21H27N5O5. The molecule has 1 unspecified atom stereocenters. The molecule has 2 aliphatic rings. The molecule has 10 heteroatoms. The number of nitrogens with zero attached hydrogens (tertiary/aromatic N) is 4. The summed E-state index contributed by atoms with van der Waals surface area (Å²) in [6, 6.07) is 5.11. The lowest BCUT2D eigenvalue weighted by molar-refractivity contribution is -0.161. The van der Waals surface area contributed by atoms with Gasteiger partial charge in [-0.15, -0.1) is 0 Å². The van der Waals surface area contributed by atoms with E-state index >= 15 is 0 Å². The predicted molar refractivity (Wildman–Crippen MR) is 108 cm³/mol. The molecular weight excluding hydrogens is 402 g/mol. The van der Waals surface area contributed by atoms with E-state index < -0.39 is 23.9 Å². The fraction of sp³-hybridized carbons (Fsp3) is 0.619. The van der Waals surface area contributed by atoms with Crippen molar-refractivity contribution in [3.05, 3.63) is 24.2 Å². The van der Waals surface area contributed by atoms with Crippen LogP contribution in [-0.4, -0.2) is 55.7 Å². The number of fused-ring (bicyclic) bond motifs is 1. The van der Waals surface area contributed by atoms with E-state index in [2.05, 4.69) is 23.9 Å². The summed E-state index contributed by atoms with van der Waals surface area (Å²) in [4.78, 5) is 16.6. The molecule has 4 rings (SSSR count). The van der Waals surface area contributed by atoms with Crippen LogP contribution in [0.5, 0.6) is 0 Å². The van der Waals surface area contributed by atoms with Crippen molar-refractivity contribution in [2.24, 2.45) is 11.3 Å². The van der Waals surface area contributed by atoms with E-state index in [1.807, 2.05) is 6.07 Å². The summed E-state index contributed by atoms with van der Waals surface area (Å²) in [5.41, 5.74) is 4.42. The van der Waals surface area contributed by atoms with Crippen LogP contribution in [-0.2, 0) is 19.9 Å². The summed E-state index contributed by atoms with van der Waals surface area (Å²) >= 11 is 0. The van der Waals surface area contributed by atoms with Crippen LogP contribution in [0.15, 0.2) is 18.5 Å². The van der Waals surface area contributed by atoms with Gasteiger partial charge in [-0.2, -0.15) is 10.4 Å². The molecule has 2 fully saturated rings. The van der Waals surface area contributed by atoms with Crippen molar-refractivity contribution >= 4 is 17.3 Å². The van der Waals surface area contributed by atoms with Crippen LogP contribution in [0.25, 0.3) is 5.52 Å². The molecule has 166 valence electrons. The highest BCUT2D eigenvalue weighted by atomic mass is 16.6. The minimum atomic E-state index is -1.91. The smallest absolute Gasteiger partial charge is 0.309 e. The maximum atomic E-state index is 12.7. The molecule has 31 heavy (non-hydrogen) atoms. The third-order valence-corrected chi connectivity index (χ3v) is 6.67. The number of carbonyl (C=O) groups is 1. The van der Waals surface area contributed by atoms with Gasteiger partial charge in [0.2, 0.25) is 5.60 Å². The van der Waals surface area contributed by atoms with Gasteiger partial charge >= 0.3 is 5.97 Å². The predicted octanol–water partition coefficient (Wildman–Crippen LogP) is 0.911. The molecule has 1 aliphatic heterocycles. The van der Waals surface area contributed by atoms with Crippen molar-refractivity contribution in [2.45, 2.75) is 63.4 Å². The molecule has 10 nitrogen and oxygen atoms in total. The van der Waals surface area contributed by atoms with Crippen LogP contribution in [0.3, 0.4) is 0 Å². The standard InChI is InChI=1S/C21H27N5O5/c1-20(2)8-4-3-5-12(20)19(29)30-9-14-16(27)17(28)21(10-22,31-14)15-7-6-13-18(23)24-11-25-26(13)15/h6-7,11-12,14,16-17,27-28H,3-5,8-9H2,1-2H3,(H2,23,24,25)/t12?,14-,16-,17-,21+/m1/s1. The van der Waals surface area contributed by atoms with Crippen molar-refractivity contribution in [3.8, 4) is 6.07 Å². The summed E-state index contributed by atoms with van der Waals surface area (Å²) in [5, 5.41) is 35.4. The lowest BCUT2D eigenvalue weighted by Gasteiger charge is -2.37. The molecule has 0 aromatic carbocycles. The van der Waals surface area contributed by atoms with Gasteiger partial charge in [0.1, 0.15) is 42.8 Å². The number of aliphatic hydroxyl groups excluding tert-OH is 2. The van der Waals surface area contributed by atoms with E-state index in [0.29, 0.717) is 5.52 Å². The molecule has 2 aromatic heterocycles. The minimum absolute atomic E-state index is 0.162. The zero-order valence-electron chi connectivity index (χ0n) is 17.6. The molecule has 0 radical (unpaired) electrons. The number of carbonyl (C=O) groups excluding carboxylic acids is 1. The fourth-order valence-corrected chi connectivity index (χ4v) is 4.75. The lowest BCUT2D eigenvalue weighted by Crippen LogP contribution is -2.41. The molecule has 2 aromatic rings. The monoisotopic (exact) mass is 429 g/mol. The second-order valence-electron chi connectivity index (χ2n) is 9.02. The Balaban J connectivity index is 1.55. The van der Waals surface area contributed by atoms with Crippen LogP contribution in [0, 0.1) is 22.7 Å². The van der Waals surface area contributed by atoms with Gasteiger partial charge in [-0.1, -0.05) is 26.7 Å². The van der Waals surface area contributed by atoms with E-state index in [-0.39, 0.29) is 35.4 Å².